The molecule has 0 aliphatic carbocycles. The van der Waals surface area contributed by atoms with E-state index in [-0.39, 0.29) is 6.04 Å². The van der Waals surface area contributed by atoms with Crippen LogP contribution in [0.1, 0.15) is 30.2 Å². The first-order valence-corrected chi connectivity index (χ1v) is 9.35. The average molecular weight is 432 g/mol. The number of nitrogens with zero attached hydrogens (tertiary/aromatic N) is 3. The summed E-state index contributed by atoms with van der Waals surface area (Å²) >= 11 is 9.99. The molecule has 6 heteroatoms. The van der Waals surface area contributed by atoms with Crippen LogP contribution in [0.25, 0.3) is 11.0 Å². The highest BCUT2D eigenvalue weighted by Gasteiger charge is 2.21. The Morgan fingerprint density at radius 2 is 2.29 bits per heavy atom. The number of imidazole rings is 1. The molecule has 0 amide bonds. The summed E-state index contributed by atoms with van der Waals surface area (Å²) < 4.78 is 3.51. The van der Waals surface area contributed by atoms with Crippen LogP contribution in [0.2, 0.25) is 0 Å². The lowest BCUT2D eigenvalue weighted by Gasteiger charge is -2.18. The van der Waals surface area contributed by atoms with E-state index in [0.717, 1.165) is 34.7 Å². The van der Waals surface area contributed by atoms with Crippen LogP contribution in [-0.2, 0) is 6.42 Å². The predicted molar refractivity (Wildman–Crippen MR) is 97.4 cm³/mol. The van der Waals surface area contributed by atoms with Crippen molar-refractivity contribution in [1.29, 1.82) is 0 Å². The van der Waals surface area contributed by atoms with Crippen LogP contribution in [0.15, 0.2) is 29.8 Å². The first-order valence-electron chi connectivity index (χ1n) is 6.86. The molecule has 1 atom stereocenters. The van der Waals surface area contributed by atoms with E-state index in [2.05, 4.69) is 57.3 Å². The van der Waals surface area contributed by atoms with Gasteiger partial charge in [-0.3, -0.25) is 0 Å². The quantitative estimate of drug-likeness (QED) is 0.426. The second-order valence-electron chi connectivity index (χ2n) is 4.76. The third kappa shape index (κ3) is 2.96. The van der Waals surface area contributed by atoms with Gasteiger partial charge in [-0.15, -0.1) is 22.9 Å². The summed E-state index contributed by atoms with van der Waals surface area (Å²) in [4.78, 5) is 9.30. The number of benzene rings is 1. The maximum Gasteiger partial charge on any atom is 0.115 e. The molecule has 3 rings (SSSR count). The van der Waals surface area contributed by atoms with Gasteiger partial charge in [0.25, 0.3) is 0 Å². The molecule has 1 unspecified atom stereocenters. The zero-order valence-corrected chi connectivity index (χ0v) is 15.3. The van der Waals surface area contributed by atoms with Gasteiger partial charge in [-0.2, -0.15) is 0 Å². The number of rotatable bonds is 5. The number of aryl methyl sites for hydroxylation is 1. The molecule has 3 nitrogen and oxygen atoms in total. The number of thiazole rings is 1. The van der Waals surface area contributed by atoms with Crippen molar-refractivity contribution in [3.05, 3.63) is 44.2 Å². The summed E-state index contributed by atoms with van der Waals surface area (Å²) in [7, 11) is 0. The highest BCUT2D eigenvalue weighted by Crippen LogP contribution is 2.30. The normalized spacial score (nSPS) is 12.9. The molecule has 3 aromatic rings. The molecule has 0 aliphatic heterocycles. The summed E-state index contributed by atoms with van der Waals surface area (Å²) in [6, 6.07) is 6.63. The van der Waals surface area contributed by atoms with E-state index >= 15 is 0 Å². The highest BCUT2D eigenvalue weighted by molar-refractivity contribution is 14.1. The van der Waals surface area contributed by atoms with E-state index in [1.807, 2.05) is 11.6 Å². The summed E-state index contributed by atoms with van der Waals surface area (Å²) in [5.74, 6) is 1.62. The number of halogens is 2. The Bertz CT molecular complexity index is 739. The highest BCUT2D eigenvalue weighted by atomic mass is 127. The van der Waals surface area contributed by atoms with Gasteiger partial charge in [-0.1, -0.05) is 6.92 Å². The van der Waals surface area contributed by atoms with Crippen LogP contribution in [0.4, 0.5) is 0 Å². The molecule has 2 aromatic heterocycles. The molecular formula is C15H15ClIN3S. The van der Waals surface area contributed by atoms with Gasteiger partial charge in [0.05, 0.1) is 17.1 Å². The van der Waals surface area contributed by atoms with E-state index in [4.69, 9.17) is 16.6 Å². The van der Waals surface area contributed by atoms with Gasteiger partial charge in [-0.05, 0) is 47.2 Å². The van der Waals surface area contributed by atoms with Gasteiger partial charge in [0.2, 0.25) is 0 Å². The molecule has 0 aliphatic rings. The van der Waals surface area contributed by atoms with Gasteiger partial charge < -0.3 is 4.57 Å². The Kier molecular flexibility index (Phi) is 4.81. The second-order valence-corrected chi connectivity index (χ2v) is 7.31. The van der Waals surface area contributed by atoms with Gasteiger partial charge in [0, 0.05) is 27.4 Å². The van der Waals surface area contributed by atoms with Crippen molar-refractivity contribution in [1.82, 2.24) is 14.5 Å². The van der Waals surface area contributed by atoms with Crippen LogP contribution in [0, 0.1) is 3.57 Å². The van der Waals surface area contributed by atoms with Crippen LogP contribution < -0.4 is 0 Å². The van der Waals surface area contributed by atoms with Crippen LogP contribution in [-0.4, -0.2) is 20.4 Å². The Morgan fingerprint density at radius 1 is 1.43 bits per heavy atom. The number of hydrogen-bond acceptors (Lipinski definition) is 3. The molecule has 0 bridgehead atoms. The molecule has 110 valence electrons. The van der Waals surface area contributed by atoms with Crippen LogP contribution in [0.5, 0.6) is 0 Å². The van der Waals surface area contributed by atoms with Crippen LogP contribution in [0.3, 0.4) is 0 Å². The number of hydrogen-bond donors (Lipinski definition) is 0. The Balaban J connectivity index is 2.20. The fourth-order valence-corrected chi connectivity index (χ4v) is 4.05. The topological polar surface area (TPSA) is 30.7 Å². The van der Waals surface area contributed by atoms with E-state index in [9.17, 15) is 0 Å². The zero-order chi connectivity index (χ0) is 14.8. The zero-order valence-electron chi connectivity index (χ0n) is 11.6. The van der Waals surface area contributed by atoms with E-state index in [1.165, 1.54) is 3.57 Å². The number of alkyl halides is 1. The molecule has 0 saturated heterocycles. The Morgan fingerprint density at radius 3 is 2.95 bits per heavy atom. The van der Waals surface area contributed by atoms with Gasteiger partial charge in [0.1, 0.15) is 10.8 Å². The van der Waals surface area contributed by atoms with Crippen molar-refractivity contribution < 1.29 is 0 Å². The van der Waals surface area contributed by atoms with Crippen molar-refractivity contribution in [2.45, 2.75) is 25.8 Å². The fraction of sp³-hybridized carbons (Fsp3) is 0.333. The first-order chi connectivity index (χ1) is 10.2. The average Bonchev–Trinajstić information content (AvgIpc) is 3.09. The van der Waals surface area contributed by atoms with Gasteiger partial charge >= 0.3 is 0 Å². The van der Waals surface area contributed by atoms with E-state index < -0.39 is 0 Å². The smallest absolute Gasteiger partial charge is 0.115 e. The second kappa shape index (κ2) is 6.62. The predicted octanol–water partition coefficient (Wildman–Crippen LogP) is 4.88. The van der Waals surface area contributed by atoms with Crippen molar-refractivity contribution in [3.63, 3.8) is 0 Å². The van der Waals surface area contributed by atoms with Gasteiger partial charge in [-0.25, -0.2) is 9.97 Å². The number of aromatic nitrogens is 3. The van der Waals surface area contributed by atoms with Crippen molar-refractivity contribution >= 4 is 56.6 Å². The van der Waals surface area contributed by atoms with Gasteiger partial charge in [0.15, 0.2) is 0 Å². The molecule has 1 aromatic carbocycles. The molecule has 0 saturated carbocycles. The SMILES string of the molecule is CCC(c1nccs1)n1c(CCCl)nc2cc(I)ccc21. The molecule has 2 heterocycles. The maximum absolute atomic E-state index is 5.97. The lowest BCUT2D eigenvalue weighted by atomic mass is 10.2. The minimum Gasteiger partial charge on any atom is -0.318 e. The summed E-state index contributed by atoms with van der Waals surface area (Å²) in [6.45, 7) is 2.19. The van der Waals surface area contributed by atoms with E-state index in [1.54, 1.807) is 11.3 Å². The molecule has 0 fully saturated rings. The molecule has 0 spiro atoms. The Hall–Kier alpha value is -0.660. The molecule has 0 radical (unpaired) electrons. The lowest BCUT2D eigenvalue weighted by molar-refractivity contribution is 0.555. The standard InChI is InChI=1S/C15H15ClIN3S/c1-2-12(15-18-7-8-21-15)20-13-4-3-10(17)9-11(13)19-14(20)5-6-16/h3-4,7-9,12H,2,5-6H2,1H3. The fourth-order valence-electron chi connectivity index (χ4n) is 2.60. The minimum absolute atomic E-state index is 0.230. The Labute approximate surface area is 146 Å². The summed E-state index contributed by atoms with van der Waals surface area (Å²) in [6.07, 6.45) is 3.63. The molecule has 0 N–H and O–H groups in total. The third-order valence-corrected chi connectivity index (χ3v) is 5.21. The minimum atomic E-state index is 0.230. The van der Waals surface area contributed by atoms with Crippen molar-refractivity contribution in [3.8, 4) is 0 Å². The number of fused-ring (bicyclic) bond motifs is 1. The summed E-state index contributed by atoms with van der Waals surface area (Å²) in [5.41, 5.74) is 2.20. The molecule has 21 heavy (non-hydrogen) atoms. The largest absolute Gasteiger partial charge is 0.318 e. The third-order valence-electron chi connectivity index (χ3n) is 3.48. The first kappa shape index (κ1) is 15.2. The maximum atomic E-state index is 5.97. The van der Waals surface area contributed by atoms with Crippen molar-refractivity contribution in [2.75, 3.05) is 5.88 Å². The summed E-state index contributed by atoms with van der Waals surface area (Å²) in [5, 5.41) is 3.16. The van der Waals surface area contributed by atoms with E-state index in [0.29, 0.717) is 5.88 Å². The lowest BCUT2D eigenvalue weighted by Crippen LogP contribution is -2.13. The van der Waals surface area contributed by atoms with Crippen molar-refractivity contribution in [2.24, 2.45) is 0 Å². The van der Waals surface area contributed by atoms with Crippen LogP contribution >= 0.6 is 45.5 Å². The molecular weight excluding hydrogens is 417 g/mol. The monoisotopic (exact) mass is 431 g/mol.